The van der Waals surface area contributed by atoms with Gasteiger partial charge in [0.2, 0.25) is 0 Å². The van der Waals surface area contributed by atoms with E-state index in [0.717, 1.165) is 35.5 Å². The maximum absolute atomic E-state index is 6.49. The van der Waals surface area contributed by atoms with Gasteiger partial charge in [-0.2, -0.15) is 5.10 Å². The number of rotatable bonds is 7. The molecule has 0 aliphatic heterocycles. The molecule has 0 saturated heterocycles. The molecule has 2 aromatic carbocycles. The minimum atomic E-state index is 0.581. The lowest BCUT2D eigenvalue weighted by atomic mass is 10.0. The molecule has 1 aromatic heterocycles. The topological polar surface area (TPSA) is 17.8 Å². The first-order chi connectivity index (χ1) is 13.0. The molecular formula is C22H23Cl3N2. The predicted octanol–water partition coefficient (Wildman–Crippen LogP) is 7.93. The maximum atomic E-state index is 6.49. The molecule has 0 aliphatic carbocycles. The average Bonchev–Trinajstić information content (AvgIpc) is 2.96. The number of benzene rings is 2. The van der Waals surface area contributed by atoms with Crippen molar-refractivity contribution < 1.29 is 0 Å². The van der Waals surface area contributed by atoms with E-state index in [4.69, 9.17) is 39.9 Å². The van der Waals surface area contributed by atoms with Gasteiger partial charge in [-0.05, 0) is 55.7 Å². The van der Waals surface area contributed by atoms with Crippen molar-refractivity contribution in [3.8, 4) is 16.9 Å². The Morgan fingerprint density at radius 2 is 1.59 bits per heavy atom. The standard InChI is InChI=1S/C22H23Cl3N2/c1-3-4-5-6-7-20-15(2)22(16-8-10-17(23)11-9-16)27(26-20)21-13-12-18(24)14-19(21)25/h8-14H,3-7H2,1-2H3. The molecule has 0 saturated carbocycles. The predicted molar refractivity (Wildman–Crippen MR) is 117 cm³/mol. The van der Waals surface area contributed by atoms with E-state index >= 15 is 0 Å². The second-order valence-corrected chi connectivity index (χ2v) is 8.03. The first kappa shape index (κ1) is 20.3. The summed E-state index contributed by atoms with van der Waals surface area (Å²) in [5, 5.41) is 6.83. The molecule has 0 bridgehead atoms. The summed E-state index contributed by atoms with van der Waals surface area (Å²) >= 11 is 18.7. The van der Waals surface area contributed by atoms with Crippen LogP contribution in [0.1, 0.15) is 43.9 Å². The third kappa shape index (κ3) is 4.68. The van der Waals surface area contributed by atoms with Crippen LogP contribution in [0.25, 0.3) is 16.9 Å². The zero-order valence-corrected chi connectivity index (χ0v) is 17.9. The number of hydrogen-bond donors (Lipinski definition) is 0. The Hall–Kier alpha value is -1.48. The summed E-state index contributed by atoms with van der Waals surface area (Å²) in [4.78, 5) is 0. The zero-order chi connectivity index (χ0) is 19.4. The summed E-state index contributed by atoms with van der Waals surface area (Å²) in [6.07, 6.45) is 5.81. The summed E-state index contributed by atoms with van der Waals surface area (Å²) < 4.78 is 1.94. The molecule has 2 nitrogen and oxygen atoms in total. The fourth-order valence-electron chi connectivity index (χ4n) is 3.27. The van der Waals surface area contributed by atoms with Crippen molar-refractivity contribution >= 4 is 34.8 Å². The van der Waals surface area contributed by atoms with E-state index < -0.39 is 0 Å². The van der Waals surface area contributed by atoms with E-state index in [1.165, 1.54) is 24.8 Å². The van der Waals surface area contributed by atoms with Crippen LogP contribution in [0.3, 0.4) is 0 Å². The fourth-order valence-corrected chi connectivity index (χ4v) is 3.89. The van der Waals surface area contributed by atoms with Gasteiger partial charge in [0.15, 0.2) is 0 Å². The summed E-state index contributed by atoms with van der Waals surface area (Å²) in [5.74, 6) is 0. The molecule has 3 aromatic rings. The van der Waals surface area contributed by atoms with Crippen molar-refractivity contribution in [1.82, 2.24) is 9.78 Å². The number of aromatic nitrogens is 2. The molecule has 0 fully saturated rings. The molecular weight excluding hydrogens is 399 g/mol. The van der Waals surface area contributed by atoms with E-state index in [2.05, 4.69) is 13.8 Å². The molecule has 0 spiro atoms. The summed E-state index contributed by atoms with van der Waals surface area (Å²) in [6, 6.07) is 13.4. The SMILES string of the molecule is CCCCCCc1nn(-c2ccc(Cl)cc2Cl)c(-c2ccc(Cl)cc2)c1C. The third-order valence-corrected chi connectivity index (χ3v) is 5.53. The maximum Gasteiger partial charge on any atom is 0.0840 e. The molecule has 142 valence electrons. The van der Waals surface area contributed by atoms with Crippen LogP contribution in [0, 0.1) is 6.92 Å². The minimum absolute atomic E-state index is 0.581. The van der Waals surface area contributed by atoms with Crippen LogP contribution >= 0.6 is 34.8 Å². The number of halogens is 3. The van der Waals surface area contributed by atoms with Gasteiger partial charge in [-0.3, -0.25) is 0 Å². The highest BCUT2D eigenvalue weighted by Crippen LogP contribution is 2.33. The van der Waals surface area contributed by atoms with Crippen molar-refractivity contribution in [2.75, 3.05) is 0 Å². The van der Waals surface area contributed by atoms with Gasteiger partial charge in [0, 0.05) is 15.6 Å². The first-order valence-corrected chi connectivity index (χ1v) is 10.4. The first-order valence-electron chi connectivity index (χ1n) is 9.31. The Morgan fingerprint density at radius 3 is 2.26 bits per heavy atom. The van der Waals surface area contributed by atoms with E-state index in [-0.39, 0.29) is 0 Å². The minimum Gasteiger partial charge on any atom is -0.231 e. The van der Waals surface area contributed by atoms with Crippen molar-refractivity contribution in [2.24, 2.45) is 0 Å². The van der Waals surface area contributed by atoms with Gasteiger partial charge in [-0.1, -0.05) is 73.1 Å². The van der Waals surface area contributed by atoms with E-state index in [1.54, 1.807) is 6.07 Å². The smallest absolute Gasteiger partial charge is 0.0840 e. The van der Waals surface area contributed by atoms with Gasteiger partial charge in [0.25, 0.3) is 0 Å². The van der Waals surface area contributed by atoms with Gasteiger partial charge < -0.3 is 0 Å². The van der Waals surface area contributed by atoms with Crippen LogP contribution in [-0.4, -0.2) is 9.78 Å². The lowest BCUT2D eigenvalue weighted by Crippen LogP contribution is -2.01. The van der Waals surface area contributed by atoms with Gasteiger partial charge in [-0.25, -0.2) is 4.68 Å². The number of nitrogens with zero attached hydrogens (tertiary/aromatic N) is 2. The average molecular weight is 422 g/mol. The van der Waals surface area contributed by atoms with Crippen LogP contribution in [0.4, 0.5) is 0 Å². The Balaban J connectivity index is 2.08. The second-order valence-electron chi connectivity index (χ2n) is 6.75. The van der Waals surface area contributed by atoms with Crippen LogP contribution in [-0.2, 0) is 6.42 Å². The Bertz CT molecular complexity index is 914. The molecule has 0 aliphatic rings. The van der Waals surface area contributed by atoms with Crippen LogP contribution in [0.5, 0.6) is 0 Å². The molecule has 27 heavy (non-hydrogen) atoms. The van der Waals surface area contributed by atoms with Crippen molar-refractivity contribution in [1.29, 1.82) is 0 Å². The normalized spacial score (nSPS) is 11.1. The van der Waals surface area contributed by atoms with Crippen molar-refractivity contribution in [3.05, 3.63) is 68.8 Å². The van der Waals surface area contributed by atoms with Crippen LogP contribution in [0.15, 0.2) is 42.5 Å². The van der Waals surface area contributed by atoms with E-state index in [9.17, 15) is 0 Å². The lowest BCUT2D eigenvalue weighted by molar-refractivity contribution is 0.655. The summed E-state index contributed by atoms with van der Waals surface area (Å²) in [6.45, 7) is 4.35. The Kier molecular flexibility index (Phi) is 6.86. The largest absolute Gasteiger partial charge is 0.231 e. The molecule has 0 amide bonds. The van der Waals surface area contributed by atoms with E-state index in [1.807, 2.05) is 41.1 Å². The third-order valence-electron chi connectivity index (χ3n) is 4.74. The molecule has 5 heteroatoms. The second kappa shape index (κ2) is 9.14. The summed E-state index contributed by atoms with van der Waals surface area (Å²) in [5.41, 5.74) is 5.23. The van der Waals surface area contributed by atoms with E-state index in [0.29, 0.717) is 15.1 Å². The number of aryl methyl sites for hydroxylation is 1. The molecule has 1 heterocycles. The highest BCUT2D eigenvalue weighted by molar-refractivity contribution is 6.35. The molecule has 0 radical (unpaired) electrons. The molecule has 0 unspecified atom stereocenters. The van der Waals surface area contributed by atoms with Gasteiger partial charge in [0.1, 0.15) is 0 Å². The van der Waals surface area contributed by atoms with Crippen molar-refractivity contribution in [3.63, 3.8) is 0 Å². The van der Waals surface area contributed by atoms with Crippen LogP contribution in [0.2, 0.25) is 15.1 Å². The zero-order valence-electron chi connectivity index (χ0n) is 15.6. The highest BCUT2D eigenvalue weighted by Gasteiger charge is 2.19. The fraction of sp³-hybridized carbons (Fsp3) is 0.318. The lowest BCUT2D eigenvalue weighted by Gasteiger charge is -2.11. The molecule has 0 N–H and O–H groups in total. The van der Waals surface area contributed by atoms with Crippen LogP contribution < -0.4 is 0 Å². The van der Waals surface area contributed by atoms with Gasteiger partial charge >= 0.3 is 0 Å². The summed E-state index contributed by atoms with van der Waals surface area (Å²) in [7, 11) is 0. The molecule has 3 rings (SSSR count). The van der Waals surface area contributed by atoms with Crippen molar-refractivity contribution in [2.45, 2.75) is 46.0 Å². The highest BCUT2D eigenvalue weighted by atomic mass is 35.5. The quantitative estimate of drug-likeness (QED) is 0.354. The van der Waals surface area contributed by atoms with Gasteiger partial charge in [-0.15, -0.1) is 0 Å². The molecule has 0 atom stereocenters. The number of hydrogen-bond acceptors (Lipinski definition) is 1. The Labute approximate surface area is 176 Å². The number of unbranched alkanes of at least 4 members (excludes halogenated alkanes) is 3. The monoisotopic (exact) mass is 420 g/mol. The van der Waals surface area contributed by atoms with Gasteiger partial charge in [0.05, 0.1) is 22.1 Å². The Morgan fingerprint density at radius 1 is 0.889 bits per heavy atom.